The molecule has 0 aliphatic carbocycles. The van der Waals surface area contributed by atoms with Crippen molar-refractivity contribution >= 4 is 11.9 Å². The summed E-state index contributed by atoms with van der Waals surface area (Å²) in [5.41, 5.74) is 0.164. The molecular formula is C22H26F3N5O4. The molecule has 2 aromatic rings. The minimum absolute atomic E-state index is 0.102. The Labute approximate surface area is 194 Å². The van der Waals surface area contributed by atoms with E-state index in [2.05, 4.69) is 19.9 Å². The molecule has 3 heterocycles. The number of ether oxygens (including phenoxy) is 2. The average Bonchev–Trinajstić information content (AvgIpc) is 2.76. The molecule has 3 rings (SSSR count). The minimum Gasteiger partial charge on any atom is -0.469 e. The number of nitrogens with zero attached hydrogens (tertiary/aromatic N) is 5. The van der Waals surface area contributed by atoms with Crippen LogP contribution in [0.4, 0.5) is 18.0 Å². The summed E-state index contributed by atoms with van der Waals surface area (Å²) in [6.45, 7) is 7.43. The molecule has 0 unspecified atom stereocenters. The zero-order chi connectivity index (χ0) is 25.1. The number of carbonyl (C=O) groups is 2. The Morgan fingerprint density at radius 2 is 1.79 bits per heavy atom. The first-order valence-corrected chi connectivity index (χ1v) is 10.7. The number of ketones is 1. The number of piperidine rings is 1. The van der Waals surface area contributed by atoms with Gasteiger partial charge in [-0.15, -0.1) is 0 Å². The number of Topliss-reactive ketones (excluding diaryl/α,β-unsaturated/α-hetero) is 1. The van der Waals surface area contributed by atoms with E-state index in [0.717, 1.165) is 12.3 Å². The Morgan fingerprint density at radius 3 is 2.41 bits per heavy atom. The lowest BCUT2D eigenvalue weighted by Crippen LogP contribution is -2.41. The number of alkyl halides is 3. The summed E-state index contributed by atoms with van der Waals surface area (Å²) < 4.78 is 49.0. The lowest BCUT2D eigenvalue weighted by atomic mass is 9.90. The molecule has 1 saturated heterocycles. The number of amides is 1. The third-order valence-corrected chi connectivity index (χ3v) is 5.01. The van der Waals surface area contributed by atoms with Crippen LogP contribution in [0.25, 0.3) is 0 Å². The molecule has 1 aliphatic rings. The van der Waals surface area contributed by atoms with Crippen molar-refractivity contribution < 1.29 is 32.2 Å². The van der Waals surface area contributed by atoms with E-state index < -0.39 is 36.1 Å². The Morgan fingerprint density at radius 1 is 1.12 bits per heavy atom. The normalized spacial score (nSPS) is 15.2. The van der Waals surface area contributed by atoms with Gasteiger partial charge in [0, 0.05) is 37.5 Å². The van der Waals surface area contributed by atoms with Crippen molar-refractivity contribution in [2.75, 3.05) is 19.7 Å². The molecule has 0 saturated carbocycles. The second-order valence-corrected chi connectivity index (χ2v) is 8.89. The Balaban J connectivity index is 1.68. The standard InChI is InChI=1S/C22H26F3N5O4/c1-13-27-11-15(16(31)12-33-17-5-8-26-19(29-17)22(23,24)25)18(28-13)14-6-9-30(10-7-14)20(32)34-21(2,3)4/h5,8,11,14H,6-7,9-10,12H2,1-4H3. The maximum Gasteiger partial charge on any atom is 0.451 e. The predicted octanol–water partition coefficient (Wildman–Crippen LogP) is 3.97. The molecule has 1 amide bonds. The van der Waals surface area contributed by atoms with Crippen LogP contribution in [-0.4, -0.2) is 62.0 Å². The van der Waals surface area contributed by atoms with Gasteiger partial charge in [0.25, 0.3) is 0 Å². The van der Waals surface area contributed by atoms with Gasteiger partial charge < -0.3 is 14.4 Å². The lowest BCUT2D eigenvalue weighted by molar-refractivity contribution is -0.145. The molecule has 0 bridgehead atoms. The maximum atomic E-state index is 12.8. The van der Waals surface area contributed by atoms with Gasteiger partial charge in [-0.05, 0) is 40.5 Å². The van der Waals surface area contributed by atoms with E-state index in [1.54, 1.807) is 32.6 Å². The monoisotopic (exact) mass is 481 g/mol. The van der Waals surface area contributed by atoms with Gasteiger partial charge in [-0.1, -0.05) is 0 Å². The highest BCUT2D eigenvalue weighted by Gasteiger charge is 2.35. The van der Waals surface area contributed by atoms with Gasteiger partial charge in [-0.3, -0.25) is 4.79 Å². The number of carbonyl (C=O) groups excluding carboxylic acids is 2. The van der Waals surface area contributed by atoms with Crippen molar-refractivity contribution in [2.24, 2.45) is 0 Å². The van der Waals surface area contributed by atoms with Gasteiger partial charge in [0.1, 0.15) is 11.4 Å². The van der Waals surface area contributed by atoms with Crippen LogP contribution in [0.5, 0.6) is 5.88 Å². The van der Waals surface area contributed by atoms with Crippen molar-refractivity contribution in [1.82, 2.24) is 24.8 Å². The van der Waals surface area contributed by atoms with E-state index in [0.29, 0.717) is 37.4 Å². The molecule has 0 radical (unpaired) electrons. The molecule has 0 N–H and O–H groups in total. The number of likely N-dealkylation sites (tertiary alicyclic amines) is 1. The van der Waals surface area contributed by atoms with Gasteiger partial charge in [-0.2, -0.15) is 18.2 Å². The highest BCUT2D eigenvalue weighted by Crippen LogP contribution is 2.30. The summed E-state index contributed by atoms with van der Waals surface area (Å²) >= 11 is 0. The Hall–Kier alpha value is -3.31. The molecule has 2 aromatic heterocycles. The predicted molar refractivity (Wildman–Crippen MR) is 113 cm³/mol. The number of aryl methyl sites for hydroxylation is 1. The molecule has 1 aliphatic heterocycles. The fraction of sp³-hybridized carbons (Fsp3) is 0.545. The number of hydrogen-bond acceptors (Lipinski definition) is 8. The highest BCUT2D eigenvalue weighted by atomic mass is 19.4. The van der Waals surface area contributed by atoms with Crippen LogP contribution in [0.1, 0.15) is 67.2 Å². The molecule has 12 heteroatoms. The lowest BCUT2D eigenvalue weighted by Gasteiger charge is -2.33. The second kappa shape index (κ2) is 9.90. The number of rotatable bonds is 5. The van der Waals surface area contributed by atoms with Gasteiger partial charge in [-0.25, -0.2) is 19.7 Å². The van der Waals surface area contributed by atoms with Crippen LogP contribution in [0.2, 0.25) is 0 Å². The van der Waals surface area contributed by atoms with Gasteiger partial charge in [0.05, 0.1) is 11.3 Å². The van der Waals surface area contributed by atoms with Crippen LogP contribution in [0, 0.1) is 6.92 Å². The van der Waals surface area contributed by atoms with Crippen molar-refractivity contribution in [3.63, 3.8) is 0 Å². The van der Waals surface area contributed by atoms with Crippen molar-refractivity contribution in [2.45, 2.75) is 58.2 Å². The number of halogens is 3. The van der Waals surface area contributed by atoms with Crippen LogP contribution >= 0.6 is 0 Å². The molecular weight excluding hydrogens is 455 g/mol. The summed E-state index contributed by atoms with van der Waals surface area (Å²) in [6.07, 6.45) is -1.68. The summed E-state index contributed by atoms with van der Waals surface area (Å²) in [5, 5.41) is 0. The van der Waals surface area contributed by atoms with Crippen molar-refractivity contribution in [3.05, 3.63) is 41.4 Å². The van der Waals surface area contributed by atoms with Crippen molar-refractivity contribution in [3.8, 4) is 5.88 Å². The van der Waals surface area contributed by atoms with Crippen LogP contribution in [-0.2, 0) is 10.9 Å². The molecule has 9 nitrogen and oxygen atoms in total. The topological polar surface area (TPSA) is 107 Å². The molecule has 34 heavy (non-hydrogen) atoms. The molecule has 0 aromatic carbocycles. The summed E-state index contributed by atoms with van der Waals surface area (Å²) in [6, 6.07) is 1.14. The zero-order valence-corrected chi connectivity index (χ0v) is 19.3. The first-order valence-electron chi connectivity index (χ1n) is 10.7. The summed E-state index contributed by atoms with van der Waals surface area (Å²) in [4.78, 5) is 41.8. The quantitative estimate of drug-likeness (QED) is 0.591. The third-order valence-electron chi connectivity index (χ3n) is 5.01. The smallest absolute Gasteiger partial charge is 0.451 e. The van der Waals surface area contributed by atoms with Crippen LogP contribution in [0.3, 0.4) is 0 Å². The summed E-state index contributed by atoms with van der Waals surface area (Å²) in [7, 11) is 0. The summed E-state index contributed by atoms with van der Waals surface area (Å²) in [5.74, 6) is -1.83. The van der Waals surface area contributed by atoms with Gasteiger partial charge >= 0.3 is 12.3 Å². The van der Waals surface area contributed by atoms with Gasteiger partial charge in [0.2, 0.25) is 17.5 Å². The average molecular weight is 481 g/mol. The molecule has 0 spiro atoms. The van der Waals surface area contributed by atoms with E-state index in [4.69, 9.17) is 9.47 Å². The van der Waals surface area contributed by atoms with Crippen molar-refractivity contribution in [1.29, 1.82) is 0 Å². The molecule has 0 atom stereocenters. The van der Waals surface area contributed by atoms with Crippen LogP contribution < -0.4 is 4.74 Å². The number of aromatic nitrogens is 4. The second-order valence-electron chi connectivity index (χ2n) is 8.89. The van der Waals surface area contributed by atoms with E-state index in [9.17, 15) is 22.8 Å². The first kappa shape index (κ1) is 25.3. The molecule has 184 valence electrons. The van der Waals surface area contributed by atoms with E-state index in [1.165, 1.54) is 6.20 Å². The van der Waals surface area contributed by atoms with Gasteiger partial charge in [0.15, 0.2) is 6.61 Å². The zero-order valence-electron chi connectivity index (χ0n) is 19.3. The Bertz CT molecular complexity index is 1050. The first-order chi connectivity index (χ1) is 15.8. The SMILES string of the molecule is Cc1ncc(C(=O)COc2ccnc(C(F)(F)F)n2)c(C2CCN(C(=O)OC(C)(C)C)CC2)n1. The minimum atomic E-state index is -4.73. The van der Waals surface area contributed by atoms with Crippen LogP contribution in [0.15, 0.2) is 18.5 Å². The number of hydrogen-bond donors (Lipinski definition) is 0. The third kappa shape index (κ3) is 6.61. The molecule has 1 fully saturated rings. The largest absolute Gasteiger partial charge is 0.469 e. The van der Waals surface area contributed by atoms with E-state index in [1.807, 2.05) is 0 Å². The van der Waals surface area contributed by atoms with E-state index >= 15 is 0 Å². The Kier molecular flexibility index (Phi) is 7.37. The fourth-order valence-electron chi connectivity index (χ4n) is 3.45. The maximum absolute atomic E-state index is 12.8. The highest BCUT2D eigenvalue weighted by molar-refractivity contribution is 5.98. The fourth-order valence-corrected chi connectivity index (χ4v) is 3.45. The van der Waals surface area contributed by atoms with E-state index in [-0.39, 0.29) is 17.4 Å².